The molecule has 1 N–H and O–H groups in total. The lowest BCUT2D eigenvalue weighted by Gasteiger charge is -2.06. The number of ether oxygens (including phenoxy) is 2. The second-order valence-electron chi connectivity index (χ2n) is 4.79. The van der Waals surface area contributed by atoms with Crippen molar-refractivity contribution in [1.82, 2.24) is 9.97 Å². The molecule has 2 aromatic carbocycles. The maximum absolute atomic E-state index is 5.32. The van der Waals surface area contributed by atoms with Crippen molar-refractivity contribution in [3.63, 3.8) is 0 Å². The van der Waals surface area contributed by atoms with E-state index in [4.69, 9.17) is 9.47 Å². The predicted octanol–water partition coefficient (Wildman–Crippen LogP) is 4.32. The molecule has 3 aromatic rings. The van der Waals surface area contributed by atoms with Crippen LogP contribution < -0.4 is 9.47 Å². The molecule has 0 bridgehead atoms. The van der Waals surface area contributed by atoms with Gasteiger partial charge in [-0.1, -0.05) is 22.0 Å². The molecule has 0 aliphatic heterocycles. The van der Waals surface area contributed by atoms with E-state index in [0.717, 1.165) is 26.9 Å². The van der Waals surface area contributed by atoms with Gasteiger partial charge in [-0.15, -0.1) is 0 Å². The third-order valence-corrected chi connectivity index (χ3v) is 4.02. The number of aromatic amines is 1. The lowest BCUT2D eigenvalue weighted by molar-refractivity contribution is 0.356. The van der Waals surface area contributed by atoms with E-state index >= 15 is 0 Å². The van der Waals surface area contributed by atoms with Crippen LogP contribution in [0, 0.1) is 6.92 Å². The molecule has 0 aliphatic rings. The molecule has 3 rings (SSSR count). The number of methoxy groups -OCH3 is 2. The highest BCUT2D eigenvalue weighted by atomic mass is 79.9. The fourth-order valence-electron chi connectivity index (χ4n) is 2.28. The van der Waals surface area contributed by atoms with E-state index in [0.29, 0.717) is 11.5 Å². The maximum atomic E-state index is 5.32. The molecule has 1 aromatic heterocycles. The number of benzene rings is 2. The summed E-state index contributed by atoms with van der Waals surface area (Å²) in [5, 5.41) is 0. The van der Waals surface area contributed by atoms with E-state index in [9.17, 15) is 0 Å². The molecule has 1 heterocycles. The quantitative estimate of drug-likeness (QED) is 0.768. The number of fused-ring (bicyclic) bond motifs is 1. The third kappa shape index (κ3) is 2.49. The minimum Gasteiger partial charge on any atom is -0.493 e. The molecule has 0 spiro atoms. The van der Waals surface area contributed by atoms with Crippen molar-refractivity contribution >= 4 is 27.0 Å². The molecule has 5 heteroatoms. The molecule has 0 atom stereocenters. The number of halogens is 1. The summed E-state index contributed by atoms with van der Waals surface area (Å²) < 4.78 is 11.6. The average Bonchev–Trinajstić information content (AvgIpc) is 2.87. The molecule has 0 unspecified atom stereocenters. The molecule has 0 saturated carbocycles. The van der Waals surface area contributed by atoms with E-state index in [1.807, 2.05) is 18.2 Å². The Hall–Kier alpha value is -2.01. The zero-order chi connectivity index (χ0) is 15.0. The highest BCUT2D eigenvalue weighted by Crippen LogP contribution is 2.34. The van der Waals surface area contributed by atoms with Gasteiger partial charge in [-0.25, -0.2) is 4.98 Å². The van der Waals surface area contributed by atoms with Gasteiger partial charge in [0.25, 0.3) is 0 Å². The van der Waals surface area contributed by atoms with Gasteiger partial charge in [0, 0.05) is 22.2 Å². The van der Waals surface area contributed by atoms with Crippen LogP contribution >= 0.6 is 15.9 Å². The Labute approximate surface area is 131 Å². The molecule has 0 aliphatic carbocycles. The van der Waals surface area contributed by atoms with Gasteiger partial charge in [0.2, 0.25) is 0 Å². The third-order valence-electron chi connectivity index (χ3n) is 3.37. The average molecular weight is 347 g/mol. The van der Waals surface area contributed by atoms with Crippen molar-refractivity contribution < 1.29 is 9.47 Å². The first-order valence-electron chi connectivity index (χ1n) is 6.50. The van der Waals surface area contributed by atoms with E-state index in [2.05, 4.69) is 45.0 Å². The van der Waals surface area contributed by atoms with Crippen LogP contribution in [0.4, 0.5) is 0 Å². The fraction of sp³-hybridized carbons (Fsp3) is 0.188. The number of hydrogen-bond acceptors (Lipinski definition) is 3. The SMILES string of the molecule is COc1cc2nc(-c3ccc(C)cc3Br)[nH]c2cc1OC. The number of imidazole rings is 1. The van der Waals surface area contributed by atoms with Gasteiger partial charge in [-0.05, 0) is 24.6 Å². The molecule has 4 nitrogen and oxygen atoms in total. The second-order valence-corrected chi connectivity index (χ2v) is 5.65. The summed E-state index contributed by atoms with van der Waals surface area (Å²) in [5.41, 5.74) is 3.98. The van der Waals surface area contributed by atoms with Crippen LogP contribution in [0.25, 0.3) is 22.4 Å². The Kier molecular flexibility index (Phi) is 3.59. The Morgan fingerprint density at radius 3 is 2.43 bits per heavy atom. The van der Waals surface area contributed by atoms with Gasteiger partial charge >= 0.3 is 0 Å². The minimum absolute atomic E-state index is 0.672. The molecular weight excluding hydrogens is 332 g/mol. The molecule has 0 radical (unpaired) electrons. The zero-order valence-corrected chi connectivity index (χ0v) is 13.6. The van der Waals surface area contributed by atoms with Crippen molar-refractivity contribution in [3.8, 4) is 22.9 Å². The molecule has 0 amide bonds. The van der Waals surface area contributed by atoms with E-state index < -0.39 is 0 Å². The molecule has 0 fully saturated rings. The topological polar surface area (TPSA) is 47.1 Å². The number of rotatable bonds is 3. The highest BCUT2D eigenvalue weighted by Gasteiger charge is 2.12. The summed E-state index contributed by atoms with van der Waals surface area (Å²) in [4.78, 5) is 7.96. The second kappa shape index (κ2) is 5.41. The van der Waals surface area contributed by atoms with Crippen LogP contribution in [-0.2, 0) is 0 Å². The first kappa shape index (κ1) is 13.9. The van der Waals surface area contributed by atoms with Gasteiger partial charge in [-0.2, -0.15) is 0 Å². The van der Waals surface area contributed by atoms with Crippen LogP contribution in [0.15, 0.2) is 34.8 Å². The van der Waals surface area contributed by atoms with Gasteiger partial charge in [0.1, 0.15) is 5.82 Å². The predicted molar refractivity (Wildman–Crippen MR) is 87.1 cm³/mol. The van der Waals surface area contributed by atoms with E-state index in [-0.39, 0.29) is 0 Å². The Morgan fingerprint density at radius 2 is 1.76 bits per heavy atom. The van der Waals surface area contributed by atoms with Crippen LogP contribution in [0.3, 0.4) is 0 Å². The number of H-pyrrole nitrogens is 1. The lowest BCUT2D eigenvalue weighted by Crippen LogP contribution is -1.89. The highest BCUT2D eigenvalue weighted by molar-refractivity contribution is 9.10. The lowest BCUT2D eigenvalue weighted by atomic mass is 10.1. The van der Waals surface area contributed by atoms with Crippen LogP contribution in [0.1, 0.15) is 5.56 Å². The number of nitrogens with zero attached hydrogens (tertiary/aromatic N) is 1. The van der Waals surface area contributed by atoms with Crippen molar-refractivity contribution in [2.24, 2.45) is 0 Å². The van der Waals surface area contributed by atoms with Crippen molar-refractivity contribution in [2.45, 2.75) is 6.92 Å². The number of nitrogens with one attached hydrogen (secondary N) is 1. The first-order chi connectivity index (χ1) is 10.1. The number of aryl methyl sites for hydroxylation is 1. The van der Waals surface area contributed by atoms with Crippen molar-refractivity contribution in [1.29, 1.82) is 0 Å². The Morgan fingerprint density at radius 1 is 1.05 bits per heavy atom. The Balaban J connectivity index is 2.16. The zero-order valence-electron chi connectivity index (χ0n) is 12.0. The minimum atomic E-state index is 0.672. The summed E-state index contributed by atoms with van der Waals surface area (Å²) >= 11 is 3.59. The van der Waals surface area contributed by atoms with Crippen LogP contribution in [0.2, 0.25) is 0 Å². The smallest absolute Gasteiger partial charge is 0.163 e. The van der Waals surface area contributed by atoms with Gasteiger partial charge in [0.05, 0.1) is 25.3 Å². The largest absolute Gasteiger partial charge is 0.493 e. The fourth-order valence-corrected chi connectivity index (χ4v) is 2.96. The van der Waals surface area contributed by atoms with Gasteiger partial charge < -0.3 is 14.5 Å². The molecule has 108 valence electrons. The summed E-state index contributed by atoms with van der Waals surface area (Å²) in [5.74, 6) is 2.17. The molecule has 0 saturated heterocycles. The first-order valence-corrected chi connectivity index (χ1v) is 7.30. The summed E-state index contributed by atoms with van der Waals surface area (Å²) in [7, 11) is 3.24. The van der Waals surface area contributed by atoms with Gasteiger partial charge in [0.15, 0.2) is 11.5 Å². The standard InChI is InChI=1S/C16H15BrN2O2/c1-9-4-5-10(11(17)6-9)16-18-12-7-14(20-2)15(21-3)8-13(12)19-16/h4-8H,1-3H3,(H,18,19). The van der Waals surface area contributed by atoms with Crippen LogP contribution in [-0.4, -0.2) is 24.2 Å². The van der Waals surface area contributed by atoms with Gasteiger partial charge in [-0.3, -0.25) is 0 Å². The van der Waals surface area contributed by atoms with Crippen LogP contribution in [0.5, 0.6) is 11.5 Å². The van der Waals surface area contributed by atoms with E-state index in [1.54, 1.807) is 14.2 Å². The summed E-state index contributed by atoms with van der Waals surface area (Å²) in [6.07, 6.45) is 0. The van der Waals surface area contributed by atoms with Crippen molar-refractivity contribution in [3.05, 3.63) is 40.4 Å². The van der Waals surface area contributed by atoms with Crippen molar-refractivity contribution in [2.75, 3.05) is 14.2 Å². The monoisotopic (exact) mass is 346 g/mol. The number of hydrogen-bond donors (Lipinski definition) is 1. The maximum Gasteiger partial charge on any atom is 0.163 e. The normalized spacial score (nSPS) is 10.9. The van der Waals surface area contributed by atoms with E-state index in [1.165, 1.54) is 5.56 Å². The summed E-state index contributed by atoms with van der Waals surface area (Å²) in [6, 6.07) is 9.95. The summed E-state index contributed by atoms with van der Waals surface area (Å²) in [6.45, 7) is 2.06. The molecular formula is C16H15BrN2O2. The number of aromatic nitrogens is 2. The Bertz CT molecular complexity index is 770. The molecule has 21 heavy (non-hydrogen) atoms.